The fourth-order valence-electron chi connectivity index (χ4n) is 2.83. The Balaban J connectivity index is 0.000000159. The second kappa shape index (κ2) is 9.86. The second-order valence-corrected chi connectivity index (χ2v) is 7.81. The van der Waals surface area contributed by atoms with Gasteiger partial charge in [0, 0.05) is 0 Å². The van der Waals surface area contributed by atoms with E-state index in [1.165, 1.54) is 32.9 Å². The van der Waals surface area contributed by atoms with Gasteiger partial charge in [-0.15, -0.1) is 0 Å². The third-order valence-corrected chi connectivity index (χ3v) is 6.10. The van der Waals surface area contributed by atoms with Gasteiger partial charge < -0.3 is 0 Å². The van der Waals surface area contributed by atoms with Gasteiger partial charge in [0.1, 0.15) is 0 Å². The van der Waals surface area contributed by atoms with Crippen LogP contribution in [0.25, 0.3) is 11.1 Å². The van der Waals surface area contributed by atoms with Gasteiger partial charge in [0.15, 0.2) is 0 Å². The fourth-order valence-corrected chi connectivity index (χ4v) is 4.04. The first-order chi connectivity index (χ1) is 13.2. The minimum absolute atomic E-state index is 0.774. The summed E-state index contributed by atoms with van der Waals surface area (Å²) in [5.74, 6) is 0. The van der Waals surface area contributed by atoms with E-state index in [0.29, 0.717) is 0 Å². The number of aryl methyl sites for hydroxylation is 2. The van der Waals surface area contributed by atoms with Crippen LogP contribution in [-0.4, -0.2) is 0 Å². The average molecular weight is 368 g/mol. The highest BCUT2D eigenvalue weighted by molar-refractivity contribution is 7.55. The molecule has 0 spiro atoms. The Labute approximate surface area is 164 Å². The Morgan fingerprint density at radius 1 is 0.407 bits per heavy atom. The molecule has 4 rings (SSSR count). The van der Waals surface area contributed by atoms with Gasteiger partial charge in [-0.05, 0) is 46.7 Å². The first kappa shape index (κ1) is 19.1. The number of hydrogen-bond donors (Lipinski definition) is 0. The van der Waals surface area contributed by atoms with Crippen LogP contribution >= 0.6 is 8.58 Å². The molecule has 4 aromatic carbocycles. The van der Waals surface area contributed by atoms with Crippen LogP contribution in [0.1, 0.15) is 11.1 Å². The van der Waals surface area contributed by atoms with Gasteiger partial charge in [0.25, 0.3) is 0 Å². The first-order valence-electron chi connectivity index (χ1n) is 9.23. The van der Waals surface area contributed by atoms with Crippen LogP contribution in [0.5, 0.6) is 0 Å². The number of benzene rings is 4. The van der Waals surface area contributed by atoms with Crippen LogP contribution in [0.3, 0.4) is 0 Å². The van der Waals surface area contributed by atoms with Crippen molar-refractivity contribution in [1.82, 2.24) is 0 Å². The third kappa shape index (κ3) is 5.64. The topological polar surface area (TPSA) is 0 Å². The monoisotopic (exact) mass is 368 g/mol. The lowest BCUT2D eigenvalue weighted by molar-refractivity contribution is 1.51. The molecule has 0 saturated heterocycles. The summed E-state index contributed by atoms with van der Waals surface area (Å²) in [6.45, 7) is 4.36. The zero-order valence-corrected chi connectivity index (χ0v) is 16.9. The van der Waals surface area contributed by atoms with E-state index in [4.69, 9.17) is 0 Å². The van der Waals surface area contributed by atoms with E-state index in [-0.39, 0.29) is 0 Å². The van der Waals surface area contributed by atoms with Crippen LogP contribution in [0.15, 0.2) is 109 Å². The third-order valence-electron chi connectivity index (χ3n) is 4.44. The maximum atomic E-state index is 2.22. The maximum absolute atomic E-state index is 2.22. The molecule has 0 atom stereocenters. The molecule has 1 heteroatoms. The predicted octanol–water partition coefficient (Wildman–Crippen LogP) is 6.29. The molecule has 0 unspecified atom stereocenters. The van der Waals surface area contributed by atoms with E-state index >= 15 is 0 Å². The average Bonchev–Trinajstić information content (AvgIpc) is 2.73. The van der Waals surface area contributed by atoms with Gasteiger partial charge in [-0.2, -0.15) is 0 Å². The van der Waals surface area contributed by atoms with Crippen LogP contribution in [0.4, 0.5) is 0 Å². The molecule has 0 aromatic heterocycles. The van der Waals surface area contributed by atoms with Crippen molar-refractivity contribution in [3.63, 3.8) is 0 Å². The van der Waals surface area contributed by atoms with Crippen molar-refractivity contribution in [2.24, 2.45) is 0 Å². The molecule has 0 nitrogen and oxygen atoms in total. The largest absolute Gasteiger partial charge is 0.0622 e. The molecule has 0 radical (unpaired) electrons. The standard InChI is InChI=1S/C14H15P.C12H10/c1-11-7-3-5-9-13(11)15-14-10-6-4-8-12(14)2;1-3-7-11(8-4-1)12-9-5-2-6-10-12/h3-10,15H,1-2H3;1-10H. The number of hydrogen-bond acceptors (Lipinski definition) is 0. The molecule has 4 aromatic rings. The van der Waals surface area contributed by atoms with E-state index in [1.807, 2.05) is 12.1 Å². The molecule has 27 heavy (non-hydrogen) atoms. The van der Waals surface area contributed by atoms with E-state index in [0.717, 1.165) is 8.58 Å². The Kier molecular flexibility index (Phi) is 6.97. The van der Waals surface area contributed by atoms with E-state index < -0.39 is 0 Å². The Bertz CT molecular complexity index is 878. The maximum Gasteiger partial charge on any atom is -0.0184 e. The summed E-state index contributed by atoms with van der Waals surface area (Å²) in [7, 11) is 0.774. The van der Waals surface area contributed by atoms with Gasteiger partial charge in [-0.25, -0.2) is 0 Å². The van der Waals surface area contributed by atoms with Gasteiger partial charge in [-0.3, -0.25) is 0 Å². The van der Waals surface area contributed by atoms with Crippen LogP contribution in [-0.2, 0) is 0 Å². The van der Waals surface area contributed by atoms with Crippen molar-refractivity contribution in [1.29, 1.82) is 0 Å². The quantitative estimate of drug-likeness (QED) is 0.373. The normalized spacial score (nSPS) is 10.0. The summed E-state index contributed by atoms with van der Waals surface area (Å²) in [6.07, 6.45) is 0. The summed E-state index contributed by atoms with van der Waals surface area (Å²) in [5.41, 5.74) is 5.33. The molecule has 0 fully saturated rings. The fraction of sp³-hybridized carbons (Fsp3) is 0.0769. The lowest BCUT2D eigenvalue weighted by Gasteiger charge is -2.08. The van der Waals surface area contributed by atoms with Gasteiger partial charge in [-0.1, -0.05) is 118 Å². The van der Waals surface area contributed by atoms with Crippen molar-refractivity contribution in [2.75, 3.05) is 0 Å². The molecular formula is C26H25P. The van der Waals surface area contributed by atoms with Crippen molar-refractivity contribution in [2.45, 2.75) is 13.8 Å². The Morgan fingerprint density at radius 3 is 1.11 bits per heavy atom. The molecule has 0 heterocycles. The summed E-state index contributed by atoms with van der Waals surface area (Å²) >= 11 is 0. The molecule has 0 bridgehead atoms. The van der Waals surface area contributed by atoms with Gasteiger partial charge in [0.2, 0.25) is 0 Å². The van der Waals surface area contributed by atoms with Crippen molar-refractivity contribution >= 4 is 19.2 Å². The molecular weight excluding hydrogens is 343 g/mol. The van der Waals surface area contributed by atoms with E-state index in [2.05, 4.69) is 111 Å². The minimum Gasteiger partial charge on any atom is -0.0622 e. The summed E-state index contributed by atoms with van der Waals surface area (Å²) in [6, 6.07) is 38.0. The molecule has 0 aliphatic rings. The first-order valence-corrected chi connectivity index (χ1v) is 10.2. The van der Waals surface area contributed by atoms with Crippen molar-refractivity contribution in [3.05, 3.63) is 120 Å². The highest BCUT2D eigenvalue weighted by Crippen LogP contribution is 2.17. The summed E-state index contributed by atoms with van der Waals surface area (Å²) in [4.78, 5) is 0. The smallest absolute Gasteiger partial charge is 0.0184 e. The summed E-state index contributed by atoms with van der Waals surface area (Å²) < 4.78 is 0. The van der Waals surface area contributed by atoms with Crippen LogP contribution in [0.2, 0.25) is 0 Å². The molecule has 0 amide bonds. The zero-order chi connectivity index (χ0) is 18.9. The lowest BCUT2D eigenvalue weighted by Crippen LogP contribution is -2.08. The van der Waals surface area contributed by atoms with Crippen LogP contribution in [0, 0.1) is 13.8 Å². The van der Waals surface area contributed by atoms with E-state index in [1.54, 1.807) is 0 Å². The molecule has 0 aliphatic heterocycles. The van der Waals surface area contributed by atoms with Gasteiger partial charge in [0.05, 0.1) is 0 Å². The predicted molar refractivity (Wildman–Crippen MR) is 122 cm³/mol. The molecule has 0 saturated carbocycles. The second-order valence-electron chi connectivity index (χ2n) is 6.49. The summed E-state index contributed by atoms with van der Waals surface area (Å²) in [5, 5.41) is 2.90. The van der Waals surface area contributed by atoms with E-state index in [9.17, 15) is 0 Å². The minimum atomic E-state index is 0.774. The molecule has 134 valence electrons. The van der Waals surface area contributed by atoms with Crippen LogP contribution < -0.4 is 10.6 Å². The SMILES string of the molecule is Cc1ccccc1Pc1ccccc1C.c1ccc(-c2ccccc2)cc1. The molecule has 0 aliphatic carbocycles. The van der Waals surface area contributed by atoms with Crippen molar-refractivity contribution < 1.29 is 0 Å². The Morgan fingerprint density at radius 2 is 0.741 bits per heavy atom. The molecule has 0 N–H and O–H groups in total. The lowest BCUT2D eigenvalue weighted by atomic mass is 10.1. The van der Waals surface area contributed by atoms with Crippen molar-refractivity contribution in [3.8, 4) is 11.1 Å². The highest BCUT2D eigenvalue weighted by atomic mass is 31.1. The highest BCUT2D eigenvalue weighted by Gasteiger charge is 2.01. The number of rotatable bonds is 3. The zero-order valence-electron chi connectivity index (χ0n) is 15.9. The Hall–Kier alpha value is -2.69. The van der Waals surface area contributed by atoms with Gasteiger partial charge >= 0.3 is 0 Å².